The maximum absolute atomic E-state index is 13.2. The number of nitrogens with zero attached hydrogens (tertiary/aromatic N) is 1. The number of anilines is 1. The molecule has 5 nitrogen and oxygen atoms in total. The predicted molar refractivity (Wildman–Crippen MR) is 135 cm³/mol. The Hall–Kier alpha value is -2.80. The van der Waals surface area contributed by atoms with Gasteiger partial charge in [0, 0.05) is 17.0 Å². The molecule has 2 aromatic carbocycles. The van der Waals surface area contributed by atoms with Gasteiger partial charge in [0.2, 0.25) is 0 Å². The van der Waals surface area contributed by atoms with Crippen LogP contribution in [0.2, 0.25) is 0 Å². The Kier molecular flexibility index (Phi) is 9.81. The van der Waals surface area contributed by atoms with Crippen molar-refractivity contribution in [3.8, 4) is 0 Å². The van der Waals surface area contributed by atoms with Gasteiger partial charge in [0.05, 0.1) is 16.7 Å². The lowest BCUT2D eigenvalue weighted by Gasteiger charge is -2.24. The minimum absolute atomic E-state index is 0.133. The number of unbranched alkanes of at least 4 members (excludes halogenated alkanes) is 2. The van der Waals surface area contributed by atoms with Gasteiger partial charge < -0.3 is 5.11 Å². The molecule has 1 amide bonds. The Balaban J connectivity index is 1.67. The number of amides is 1. The summed E-state index contributed by atoms with van der Waals surface area (Å²) in [7, 11) is 0. The predicted octanol–water partition coefficient (Wildman–Crippen LogP) is 5.96. The summed E-state index contributed by atoms with van der Waals surface area (Å²) in [4.78, 5) is 26.0. The first-order valence-corrected chi connectivity index (χ1v) is 12.4. The maximum Gasteiger partial charge on any atom is 0.272 e. The van der Waals surface area contributed by atoms with Crippen LogP contribution >= 0.6 is 11.3 Å². The number of hydrogen-bond acceptors (Lipinski definition) is 5. The Morgan fingerprint density at radius 1 is 1.03 bits per heavy atom. The van der Waals surface area contributed by atoms with E-state index in [-0.39, 0.29) is 5.91 Å². The molecule has 0 bridgehead atoms. The molecule has 3 rings (SSSR count). The van der Waals surface area contributed by atoms with Gasteiger partial charge in [0.25, 0.3) is 5.91 Å². The number of aliphatic hydroxyl groups excluding tert-OH is 1. The van der Waals surface area contributed by atoms with Crippen LogP contribution in [0.15, 0.2) is 66.7 Å². The molecule has 1 heterocycles. The standard InChI is InChI=1S/C27H32N2O3S/c1-2-3-5-12-26(31)21-13-15-23(16-14-21)29(27(32)22-9-6-4-7-10-22)28-19-8-11-24-17-18-25(20-30)33-24/h4,6-7,9-10,13-18,20,26,28,31H,2-3,5,8,11-12,19H2,1H3. The molecule has 6 heteroatoms. The van der Waals surface area contributed by atoms with E-state index in [0.29, 0.717) is 12.1 Å². The molecule has 33 heavy (non-hydrogen) atoms. The van der Waals surface area contributed by atoms with E-state index in [1.807, 2.05) is 54.6 Å². The molecule has 174 valence electrons. The summed E-state index contributed by atoms with van der Waals surface area (Å²) in [5.74, 6) is -0.133. The Morgan fingerprint density at radius 3 is 2.45 bits per heavy atom. The van der Waals surface area contributed by atoms with Gasteiger partial charge in [0.15, 0.2) is 6.29 Å². The van der Waals surface area contributed by atoms with Crippen LogP contribution < -0.4 is 10.4 Å². The lowest BCUT2D eigenvalue weighted by atomic mass is 10.0. The first-order chi connectivity index (χ1) is 16.1. The van der Waals surface area contributed by atoms with Crippen LogP contribution in [-0.2, 0) is 6.42 Å². The normalized spacial score (nSPS) is 11.8. The molecular formula is C27H32N2O3S. The van der Waals surface area contributed by atoms with Crippen LogP contribution in [-0.4, -0.2) is 23.8 Å². The van der Waals surface area contributed by atoms with Gasteiger partial charge in [-0.1, -0.05) is 56.5 Å². The van der Waals surface area contributed by atoms with Crippen LogP contribution in [0.4, 0.5) is 5.69 Å². The zero-order chi connectivity index (χ0) is 23.5. The summed E-state index contributed by atoms with van der Waals surface area (Å²) in [6.07, 6.45) is 6.02. The molecule has 0 fully saturated rings. The number of rotatable bonds is 13. The van der Waals surface area contributed by atoms with Gasteiger partial charge in [-0.15, -0.1) is 11.3 Å². The number of aliphatic hydroxyl groups is 1. The molecule has 0 aliphatic rings. The molecule has 0 aliphatic carbocycles. The average Bonchev–Trinajstić information content (AvgIpc) is 3.32. The summed E-state index contributed by atoms with van der Waals surface area (Å²) in [6, 6.07) is 20.5. The molecule has 0 radical (unpaired) electrons. The number of hydrazine groups is 1. The maximum atomic E-state index is 13.2. The zero-order valence-corrected chi connectivity index (χ0v) is 19.9. The number of aldehydes is 1. The Bertz CT molecular complexity index is 1000. The molecule has 0 saturated heterocycles. The molecule has 0 spiro atoms. The zero-order valence-electron chi connectivity index (χ0n) is 19.1. The quantitative estimate of drug-likeness (QED) is 0.186. The second-order valence-corrected chi connectivity index (χ2v) is 9.24. The van der Waals surface area contributed by atoms with E-state index in [0.717, 1.165) is 65.8 Å². The van der Waals surface area contributed by atoms with Crippen LogP contribution in [0.25, 0.3) is 0 Å². The fourth-order valence-corrected chi connectivity index (χ4v) is 4.51. The van der Waals surface area contributed by atoms with Gasteiger partial charge in [-0.25, -0.2) is 10.4 Å². The monoisotopic (exact) mass is 464 g/mol. The summed E-state index contributed by atoms with van der Waals surface area (Å²) in [5, 5.41) is 12.0. The smallest absolute Gasteiger partial charge is 0.272 e. The van der Waals surface area contributed by atoms with Gasteiger partial charge in [-0.3, -0.25) is 9.59 Å². The first kappa shape index (κ1) is 24.8. The van der Waals surface area contributed by atoms with Gasteiger partial charge in [-0.05, 0) is 61.2 Å². The highest BCUT2D eigenvalue weighted by atomic mass is 32.1. The van der Waals surface area contributed by atoms with Crippen molar-refractivity contribution in [2.24, 2.45) is 0 Å². The molecule has 1 atom stereocenters. The number of thiophene rings is 1. The largest absolute Gasteiger partial charge is 0.388 e. The van der Waals surface area contributed by atoms with Crippen LogP contribution in [0.1, 0.15) is 75.6 Å². The minimum Gasteiger partial charge on any atom is -0.388 e. The van der Waals surface area contributed by atoms with E-state index < -0.39 is 6.10 Å². The van der Waals surface area contributed by atoms with Crippen molar-refractivity contribution < 1.29 is 14.7 Å². The lowest BCUT2D eigenvalue weighted by Crippen LogP contribution is -2.43. The highest BCUT2D eigenvalue weighted by Crippen LogP contribution is 2.24. The fourth-order valence-electron chi connectivity index (χ4n) is 3.64. The number of carbonyl (C=O) groups is 2. The highest BCUT2D eigenvalue weighted by molar-refractivity contribution is 7.13. The number of aryl methyl sites for hydroxylation is 1. The molecular weight excluding hydrogens is 432 g/mol. The van der Waals surface area contributed by atoms with Crippen LogP contribution in [0.3, 0.4) is 0 Å². The molecule has 1 unspecified atom stereocenters. The molecule has 0 aliphatic heterocycles. The van der Waals surface area contributed by atoms with Crippen molar-refractivity contribution >= 4 is 29.2 Å². The Labute approximate surface area is 200 Å². The van der Waals surface area contributed by atoms with E-state index in [1.165, 1.54) is 11.3 Å². The number of carbonyl (C=O) groups excluding carboxylic acids is 2. The average molecular weight is 465 g/mol. The molecule has 1 aromatic heterocycles. The van der Waals surface area contributed by atoms with E-state index in [4.69, 9.17) is 0 Å². The van der Waals surface area contributed by atoms with Crippen molar-refractivity contribution in [1.82, 2.24) is 5.43 Å². The molecule has 2 N–H and O–H groups in total. The SMILES string of the molecule is CCCCCC(O)c1ccc(N(NCCCc2ccc(C=O)s2)C(=O)c2ccccc2)cc1. The molecule has 0 saturated carbocycles. The first-order valence-electron chi connectivity index (χ1n) is 11.6. The topological polar surface area (TPSA) is 69.6 Å². The number of nitrogens with one attached hydrogen (secondary N) is 1. The second-order valence-electron chi connectivity index (χ2n) is 8.04. The van der Waals surface area contributed by atoms with Crippen molar-refractivity contribution in [3.05, 3.63) is 87.6 Å². The number of benzene rings is 2. The van der Waals surface area contributed by atoms with Crippen molar-refractivity contribution in [2.45, 2.75) is 51.6 Å². The third kappa shape index (κ3) is 7.35. The van der Waals surface area contributed by atoms with Crippen molar-refractivity contribution in [2.75, 3.05) is 11.6 Å². The minimum atomic E-state index is -0.487. The number of hydrogen-bond donors (Lipinski definition) is 2. The van der Waals surface area contributed by atoms with Gasteiger partial charge in [0.1, 0.15) is 0 Å². The summed E-state index contributed by atoms with van der Waals surface area (Å²) < 4.78 is 0. The highest BCUT2D eigenvalue weighted by Gasteiger charge is 2.18. The van der Waals surface area contributed by atoms with E-state index in [9.17, 15) is 14.7 Å². The third-order valence-electron chi connectivity index (χ3n) is 5.51. The van der Waals surface area contributed by atoms with Crippen LogP contribution in [0.5, 0.6) is 0 Å². The third-order valence-corrected chi connectivity index (χ3v) is 6.58. The van der Waals surface area contributed by atoms with E-state index in [1.54, 1.807) is 17.1 Å². The summed E-state index contributed by atoms with van der Waals surface area (Å²) >= 11 is 1.50. The van der Waals surface area contributed by atoms with Crippen molar-refractivity contribution in [3.63, 3.8) is 0 Å². The molecule has 3 aromatic rings. The summed E-state index contributed by atoms with van der Waals surface area (Å²) in [6.45, 7) is 2.75. The lowest BCUT2D eigenvalue weighted by molar-refractivity contribution is 0.0973. The second kappa shape index (κ2) is 13.0. The van der Waals surface area contributed by atoms with Crippen molar-refractivity contribution in [1.29, 1.82) is 0 Å². The Morgan fingerprint density at radius 2 is 1.79 bits per heavy atom. The van der Waals surface area contributed by atoms with Gasteiger partial charge in [-0.2, -0.15) is 0 Å². The van der Waals surface area contributed by atoms with E-state index in [2.05, 4.69) is 12.3 Å². The van der Waals surface area contributed by atoms with Crippen LogP contribution in [0, 0.1) is 0 Å². The fraction of sp³-hybridized carbons (Fsp3) is 0.333. The van der Waals surface area contributed by atoms with Gasteiger partial charge >= 0.3 is 0 Å². The van der Waals surface area contributed by atoms with E-state index >= 15 is 0 Å². The summed E-state index contributed by atoms with van der Waals surface area (Å²) in [5.41, 5.74) is 5.47.